The summed E-state index contributed by atoms with van der Waals surface area (Å²) in [5.74, 6) is 4.08. The summed E-state index contributed by atoms with van der Waals surface area (Å²) in [4.78, 5) is 14.4. The minimum atomic E-state index is 0.590. The predicted molar refractivity (Wildman–Crippen MR) is 192 cm³/mol. The van der Waals surface area contributed by atoms with Crippen molar-refractivity contribution >= 4 is 57.8 Å². The van der Waals surface area contributed by atoms with Crippen LogP contribution in [0.1, 0.15) is 0 Å². The first-order chi connectivity index (χ1) is 21.5. The SMILES string of the molecule is C#CC(=Nc1ccccc1)N(C)c1ccccc1.CN(C(/C=C/Sc1ccc(Cl)cc1)=Nc1ccccc1)c1ccccc1. The number of anilines is 2. The Morgan fingerprint density at radius 3 is 1.59 bits per heavy atom. The first-order valence-electron chi connectivity index (χ1n) is 13.9. The minimum Gasteiger partial charge on any atom is -0.329 e. The van der Waals surface area contributed by atoms with Gasteiger partial charge in [-0.2, -0.15) is 0 Å². The zero-order valence-corrected chi connectivity index (χ0v) is 26.2. The highest BCUT2D eigenvalue weighted by Crippen LogP contribution is 2.23. The second-order valence-electron chi connectivity index (χ2n) is 9.38. The number of amidine groups is 2. The molecule has 0 aliphatic carbocycles. The van der Waals surface area contributed by atoms with Gasteiger partial charge >= 0.3 is 0 Å². The van der Waals surface area contributed by atoms with Gasteiger partial charge in [0, 0.05) is 35.4 Å². The lowest BCUT2D eigenvalue weighted by Crippen LogP contribution is -2.24. The fourth-order valence-electron chi connectivity index (χ4n) is 3.93. The fraction of sp³-hybridized carbons (Fsp3) is 0.0526. The van der Waals surface area contributed by atoms with Gasteiger partial charge in [0.2, 0.25) is 0 Å². The van der Waals surface area contributed by atoms with E-state index in [1.165, 1.54) is 0 Å². The summed E-state index contributed by atoms with van der Waals surface area (Å²) in [5.41, 5.74) is 3.88. The molecular weight excluding hydrogens is 580 g/mol. The number of halogens is 1. The zero-order chi connectivity index (χ0) is 31.0. The Hall–Kier alpha value is -5.02. The summed E-state index contributed by atoms with van der Waals surface area (Å²) in [7, 11) is 3.94. The average Bonchev–Trinajstić information content (AvgIpc) is 3.09. The molecule has 6 heteroatoms. The fourth-order valence-corrected chi connectivity index (χ4v) is 4.70. The molecule has 0 fully saturated rings. The van der Waals surface area contributed by atoms with Gasteiger partial charge in [0.05, 0.1) is 11.4 Å². The molecule has 5 aromatic rings. The van der Waals surface area contributed by atoms with Crippen molar-refractivity contribution in [2.75, 3.05) is 23.9 Å². The third-order valence-corrected chi connectivity index (χ3v) is 7.37. The Bertz CT molecular complexity index is 1700. The van der Waals surface area contributed by atoms with E-state index in [2.05, 4.69) is 27.9 Å². The molecule has 44 heavy (non-hydrogen) atoms. The van der Waals surface area contributed by atoms with Crippen LogP contribution in [0, 0.1) is 12.3 Å². The number of nitrogens with zero attached hydrogens (tertiary/aromatic N) is 4. The number of thioether (sulfide) groups is 1. The molecule has 5 aromatic carbocycles. The van der Waals surface area contributed by atoms with Gasteiger partial charge in [-0.05, 0) is 90.2 Å². The molecule has 0 spiro atoms. The maximum absolute atomic E-state index is 5.94. The van der Waals surface area contributed by atoms with Gasteiger partial charge in [-0.15, -0.1) is 6.42 Å². The highest BCUT2D eigenvalue weighted by molar-refractivity contribution is 8.02. The van der Waals surface area contributed by atoms with E-state index in [1.54, 1.807) is 11.8 Å². The molecule has 0 saturated heterocycles. The molecule has 0 N–H and O–H groups in total. The Kier molecular flexibility index (Phi) is 12.5. The molecule has 0 aliphatic rings. The van der Waals surface area contributed by atoms with E-state index >= 15 is 0 Å². The molecule has 0 saturated carbocycles. The van der Waals surface area contributed by atoms with Crippen LogP contribution in [0.2, 0.25) is 5.02 Å². The van der Waals surface area contributed by atoms with E-state index in [-0.39, 0.29) is 0 Å². The van der Waals surface area contributed by atoms with Crippen molar-refractivity contribution in [3.05, 3.63) is 162 Å². The van der Waals surface area contributed by atoms with Crippen LogP contribution in [0.3, 0.4) is 0 Å². The van der Waals surface area contributed by atoms with Crippen LogP contribution in [0.5, 0.6) is 0 Å². The molecule has 4 nitrogen and oxygen atoms in total. The van der Waals surface area contributed by atoms with Crippen molar-refractivity contribution in [1.29, 1.82) is 0 Å². The number of terminal acetylenes is 1. The summed E-state index contributed by atoms with van der Waals surface area (Å²) in [6, 6.07) is 47.6. The first-order valence-corrected chi connectivity index (χ1v) is 15.2. The lowest BCUT2D eigenvalue weighted by atomic mass is 10.3. The molecule has 5 rings (SSSR count). The average molecular weight is 613 g/mol. The van der Waals surface area contributed by atoms with Crippen molar-refractivity contribution in [2.24, 2.45) is 9.98 Å². The lowest BCUT2D eigenvalue weighted by Gasteiger charge is -2.19. The smallest absolute Gasteiger partial charge is 0.185 e. The summed E-state index contributed by atoms with van der Waals surface area (Å²) < 4.78 is 0. The molecule has 218 valence electrons. The molecule has 0 bridgehead atoms. The molecular formula is C38H33ClN4S. The third-order valence-electron chi connectivity index (χ3n) is 6.30. The van der Waals surface area contributed by atoms with Gasteiger partial charge in [0.1, 0.15) is 5.84 Å². The number of benzene rings is 5. The number of hydrogen-bond acceptors (Lipinski definition) is 3. The van der Waals surface area contributed by atoms with E-state index in [4.69, 9.17) is 23.0 Å². The van der Waals surface area contributed by atoms with E-state index in [1.807, 2.05) is 164 Å². The monoisotopic (exact) mass is 612 g/mol. The zero-order valence-electron chi connectivity index (χ0n) is 24.7. The van der Waals surface area contributed by atoms with E-state index < -0.39 is 0 Å². The van der Waals surface area contributed by atoms with Crippen molar-refractivity contribution < 1.29 is 0 Å². The first kappa shape index (κ1) is 31.9. The molecule has 0 radical (unpaired) electrons. The van der Waals surface area contributed by atoms with E-state index in [0.29, 0.717) is 5.84 Å². The van der Waals surface area contributed by atoms with Crippen LogP contribution in [0.15, 0.2) is 172 Å². The highest BCUT2D eigenvalue weighted by Gasteiger charge is 2.07. The third kappa shape index (κ3) is 10.1. The second kappa shape index (κ2) is 17.2. The number of rotatable bonds is 7. The van der Waals surface area contributed by atoms with Crippen LogP contribution in [-0.2, 0) is 0 Å². The molecule has 0 aromatic heterocycles. The van der Waals surface area contributed by atoms with Gasteiger partial charge in [0.15, 0.2) is 5.84 Å². The Labute approximate surface area is 270 Å². The van der Waals surface area contributed by atoms with Crippen LogP contribution in [-0.4, -0.2) is 25.8 Å². The number of likely N-dealkylation sites (N-methyl/N-ethyl adjacent to an activating group) is 1. The standard InChI is InChI=1S/C22H19ClN2S.C16H14N2/c1-25(20-10-6-3-7-11-20)22(24-19-8-4-2-5-9-19)16-17-26-21-14-12-18(23)13-15-21;1-3-16(17-14-10-6-4-7-11-14)18(2)15-12-8-5-9-13-15/h2-17H,1H3;1,4-13H,2H3/b17-16+,24-22?;. The van der Waals surface area contributed by atoms with E-state index in [9.17, 15) is 0 Å². The van der Waals surface area contributed by atoms with Crippen molar-refractivity contribution in [1.82, 2.24) is 0 Å². The number of para-hydroxylation sites is 4. The van der Waals surface area contributed by atoms with Gasteiger partial charge in [-0.25, -0.2) is 9.98 Å². The van der Waals surface area contributed by atoms with Gasteiger partial charge in [-0.3, -0.25) is 0 Å². The summed E-state index contributed by atoms with van der Waals surface area (Å²) in [6.45, 7) is 0. The Balaban J connectivity index is 0.000000215. The van der Waals surface area contributed by atoms with Crippen molar-refractivity contribution in [3.63, 3.8) is 0 Å². The van der Waals surface area contributed by atoms with Crippen molar-refractivity contribution in [3.8, 4) is 12.3 Å². The minimum absolute atomic E-state index is 0.590. The molecule has 0 amide bonds. The largest absolute Gasteiger partial charge is 0.329 e. The molecule has 0 unspecified atom stereocenters. The van der Waals surface area contributed by atoms with Crippen LogP contribution in [0.25, 0.3) is 0 Å². The Morgan fingerprint density at radius 1 is 0.636 bits per heavy atom. The topological polar surface area (TPSA) is 31.2 Å². The maximum Gasteiger partial charge on any atom is 0.185 e. The van der Waals surface area contributed by atoms with E-state index in [0.717, 1.165) is 38.5 Å². The van der Waals surface area contributed by atoms with Crippen LogP contribution < -0.4 is 9.80 Å². The van der Waals surface area contributed by atoms with Crippen LogP contribution >= 0.6 is 23.4 Å². The summed E-state index contributed by atoms with van der Waals surface area (Å²) in [6.07, 6.45) is 7.56. The highest BCUT2D eigenvalue weighted by atomic mass is 35.5. The quantitative estimate of drug-likeness (QED) is 0.0793. The molecule has 0 aliphatic heterocycles. The Morgan fingerprint density at radius 2 is 1.09 bits per heavy atom. The van der Waals surface area contributed by atoms with Gasteiger partial charge in [-0.1, -0.05) is 96.2 Å². The maximum atomic E-state index is 5.94. The molecule has 0 heterocycles. The number of aliphatic imine (C=N–C) groups is 2. The summed E-state index contributed by atoms with van der Waals surface area (Å²) >= 11 is 7.58. The van der Waals surface area contributed by atoms with Crippen molar-refractivity contribution in [2.45, 2.75) is 4.90 Å². The van der Waals surface area contributed by atoms with Crippen LogP contribution in [0.4, 0.5) is 22.7 Å². The molecule has 0 atom stereocenters. The summed E-state index contributed by atoms with van der Waals surface area (Å²) in [5, 5.41) is 2.79. The number of hydrogen-bond donors (Lipinski definition) is 0. The lowest BCUT2D eigenvalue weighted by molar-refractivity contribution is 1.26. The normalized spacial score (nSPS) is 11.3. The van der Waals surface area contributed by atoms with Gasteiger partial charge in [0.25, 0.3) is 0 Å². The predicted octanol–water partition coefficient (Wildman–Crippen LogP) is 10.3. The second-order valence-corrected chi connectivity index (χ2v) is 10.8. The van der Waals surface area contributed by atoms with Gasteiger partial charge < -0.3 is 9.80 Å².